The summed E-state index contributed by atoms with van der Waals surface area (Å²) in [5.41, 5.74) is 5.64. The number of aromatic nitrogens is 2. The standard InChI is InChI=1S/C22H27N3O/c1-4-24-15-20-19-14-18(26-3)5-6-21(19)25(22(20)13-16(24)2)12-9-17-7-10-23-11-8-17/h5-8,10-11,14,16H,4,9,12-13,15H2,1-3H3. The molecule has 0 N–H and O–H groups in total. The molecular formula is C22H27N3O. The number of hydrogen-bond acceptors (Lipinski definition) is 3. The average molecular weight is 349 g/mol. The highest BCUT2D eigenvalue weighted by molar-refractivity contribution is 5.87. The predicted octanol–water partition coefficient (Wildman–Crippen LogP) is 4.05. The van der Waals surface area contributed by atoms with E-state index in [-0.39, 0.29) is 0 Å². The molecule has 0 bridgehead atoms. The Bertz CT molecular complexity index is 901. The van der Waals surface area contributed by atoms with Crippen LogP contribution in [0.25, 0.3) is 10.9 Å². The van der Waals surface area contributed by atoms with Crippen LogP contribution in [-0.4, -0.2) is 34.1 Å². The van der Waals surface area contributed by atoms with Crippen molar-refractivity contribution in [3.8, 4) is 5.75 Å². The van der Waals surface area contributed by atoms with Gasteiger partial charge in [0.15, 0.2) is 0 Å². The number of likely N-dealkylation sites (N-methyl/N-ethyl adjacent to an activating group) is 1. The summed E-state index contributed by atoms with van der Waals surface area (Å²) in [6.07, 6.45) is 5.89. The monoisotopic (exact) mass is 349 g/mol. The second-order valence-corrected chi connectivity index (χ2v) is 7.18. The SMILES string of the molecule is CCN1Cc2c(n(CCc3ccncc3)c3ccc(OC)cc23)CC1C. The lowest BCUT2D eigenvalue weighted by Gasteiger charge is -2.33. The normalized spacial score (nSPS) is 17.4. The molecule has 1 unspecified atom stereocenters. The van der Waals surface area contributed by atoms with Crippen LogP contribution in [0, 0.1) is 0 Å². The average Bonchev–Trinajstić information content (AvgIpc) is 2.98. The van der Waals surface area contributed by atoms with Crippen molar-refractivity contribution in [2.24, 2.45) is 0 Å². The van der Waals surface area contributed by atoms with E-state index < -0.39 is 0 Å². The number of methoxy groups -OCH3 is 1. The number of nitrogens with zero attached hydrogens (tertiary/aromatic N) is 3. The number of hydrogen-bond donors (Lipinski definition) is 0. The maximum Gasteiger partial charge on any atom is 0.119 e. The lowest BCUT2D eigenvalue weighted by atomic mass is 9.99. The van der Waals surface area contributed by atoms with E-state index in [0.29, 0.717) is 6.04 Å². The van der Waals surface area contributed by atoms with Gasteiger partial charge in [0.1, 0.15) is 5.75 Å². The first-order valence-corrected chi connectivity index (χ1v) is 9.52. The van der Waals surface area contributed by atoms with Gasteiger partial charge in [0.05, 0.1) is 7.11 Å². The van der Waals surface area contributed by atoms with Gasteiger partial charge >= 0.3 is 0 Å². The maximum absolute atomic E-state index is 5.50. The van der Waals surface area contributed by atoms with E-state index >= 15 is 0 Å². The molecule has 26 heavy (non-hydrogen) atoms. The highest BCUT2D eigenvalue weighted by atomic mass is 16.5. The summed E-state index contributed by atoms with van der Waals surface area (Å²) in [7, 11) is 1.74. The topological polar surface area (TPSA) is 30.3 Å². The zero-order valence-corrected chi connectivity index (χ0v) is 15.9. The van der Waals surface area contributed by atoms with Crippen molar-refractivity contribution in [3.63, 3.8) is 0 Å². The minimum absolute atomic E-state index is 0.582. The molecule has 3 aromatic rings. The molecule has 0 radical (unpaired) electrons. The predicted molar refractivity (Wildman–Crippen MR) is 106 cm³/mol. The molecule has 2 aromatic heterocycles. The summed E-state index contributed by atoms with van der Waals surface area (Å²) in [5.74, 6) is 0.938. The Morgan fingerprint density at radius 3 is 2.73 bits per heavy atom. The fraction of sp³-hybridized carbons (Fsp3) is 0.409. The summed E-state index contributed by atoms with van der Waals surface area (Å²) in [4.78, 5) is 6.70. The summed E-state index contributed by atoms with van der Waals surface area (Å²) >= 11 is 0. The third-order valence-corrected chi connectivity index (χ3v) is 5.75. The van der Waals surface area contributed by atoms with Crippen molar-refractivity contribution in [1.82, 2.24) is 14.5 Å². The number of aryl methyl sites for hydroxylation is 2. The van der Waals surface area contributed by atoms with Crippen molar-refractivity contribution in [2.45, 2.75) is 45.8 Å². The Kier molecular flexibility index (Phi) is 4.68. The third kappa shape index (κ3) is 2.99. The molecule has 4 heteroatoms. The molecular weight excluding hydrogens is 322 g/mol. The van der Waals surface area contributed by atoms with Crippen LogP contribution in [0.5, 0.6) is 5.75 Å². The fourth-order valence-corrected chi connectivity index (χ4v) is 4.23. The molecule has 0 fully saturated rings. The lowest BCUT2D eigenvalue weighted by molar-refractivity contribution is 0.192. The van der Waals surface area contributed by atoms with Gasteiger partial charge in [-0.2, -0.15) is 0 Å². The lowest BCUT2D eigenvalue weighted by Crippen LogP contribution is -2.38. The summed E-state index contributed by atoms with van der Waals surface area (Å²) in [6.45, 7) is 7.72. The molecule has 1 aliphatic heterocycles. The summed E-state index contributed by atoms with van der Waals surface area (Å²) < 4.78 is 8.03. The molecule has 0 amide bonds. The Morgan fingerprint density at radius 2 is 2.00 bits per heavy atom. The van der Waals surface area contributed by atoms with Crippen molar-refractivity contribution in [1.29, 1.82) is 0 Å². The smallest absolute Gasteiger partial charge is 0.119 e. The fourth-order valence-electron chi connectivity index (χ4n) is 4.23. The first-order valence-electron chi connectivity index (χ1n) is 9.52. The van der Waals surface area contributed by atoms with Gasteiger partial charge in [0, 0.05) is 54.5 Å². The molecule has 1 aliphatic rings. The first-order chi connectivity index (χ1) is 12.7. The van der Waals surface area contributed by atoms with Gasteiger partial charge < -0.3 is 9.30 Å². The second kappa shape index (κ2) is 7.12. The van der Waals surface area contributed by atoms with Crippen LogP contribution in [0.2, 0.25) is 0 Å². The van der Waals surface area contributed by atoms with Gasteiger partial charge in [-0.15, -0.1) is 0 Å². The number of benzene rings is 1. The molecule has 4 rings (SSSR count). The van der Waals surface area contributed by atoms with Gasteiger partial charge in [-0.25, -0.2) is 0 Å². The number of rotatable bonds is 5. The van der Waals surface area contributed by atoms with Crippen molar-refractivity contribution >= 4 is 10.9 Å². The van der Waals surface area contributed by atoms with E-state index in [0.717, 1.165) is 38.2 Å². The molecule has 0 saturated heterocycles. The van der Waals surface area contributed by atoms with E-state index in [9.17, 15) is 0 Å². The maximum atomic E-state index is 5.50. The minimum atomic E-state index is 0.582. The highest BCUT2D eigenvalue weighted by Gasteiger charge is 2.27. The van der Waals surface area contributed by atoms with Gasteiger partial charge in [-0.3, -0.25) is 9.88 Å². The van der Waals surface area contributed by atoms with Gasteiger partial charge in [-0.1, -0.05) is 6.92 Å². The first kappa shape index (κ1) is 17.1. The molecule has 1 aromatic carbocycles. The van der Waals surface area contributed by atoms with Crippen LogP contribution in [0.4, 0.5) is 0 Å². The van der Waals surface area contributed by atoms with Crippen molar-refractivity contribution in [3.05, 3.63) is 59.5 Å². The zero-order valence-electron chi connectivity index (χ0n) is 15.9. The second-order valence-electron chi connectivity index (χ2n) is 7.18. The largest absolute Gasteiger partial charge is 0.497 e. The Morgan fingerprint density at radius 1 is 1.19 bits per heavy atom. The summed E-state index contributed by atoms with van der Waals surface area (Å²) in [6, 6.07) is 11.3. The van der Waals surface area contributed by atoms with Crippen molar-refractivity contribution in [2.75, 3.05) is 13.7 Å². The number of fused-ring (bicyclic) bond motifs is 3. The molecule has 136 valence electrons. The van der Waals surface area contributed by atoms with E-state index in [1.807, 2.05) is 12.4 Å². The molecule has 1 atom stereocenters. The third-order valence-electron chi connectivity index (χ3n) is 5.75. The summed E-state index contributed by atoms with van der Waals surface area (Å²) in [5, 5.41) is 1.35. The quantitative estimate of drug-likeness (QED) is 0.696. The highest BCUT2D eigenvalue weighted by Crippen LogP contribution is 2.35. The van der Waals surface area contributed by atoms with Gasteiger partial charge in [0.25, 0.3) is 0 Å². The van der Waals surface area contributed by atoms with Crippen LogP contribution in [-0.2, 0) is 25.9 Å². The van der Waals surface area contributed by atoms with Crippen LogP contribution < -0.4 is 4.74 Å². The molecule has 0 aliphatic carbocycles. The molecule has 3 heterocycles. The van der Waals surface area contributed by atoms with Gasteiger partial charge in [0.2, 0.25) is 0 Å². The van der Waals surface area contributed by atoms with E-state index in [4.69, 9.17) is 4.74 Å². The Balaban J connectivity index is 1.77. The Labute approximate surface area is 155 Å². The van der Waals surface area contributed by atoms with Crippen LogP contribution in [0.15, 0.2) is 42.7 Å². The Hall–Kier alpha value is -2.33. The van der Waals surface area contributed by atoms with E-state index in [1.165, 1.54) is 27.7 Å². The molecule has 4 nitrogen and oxygen atoms in total. The van der Waals surface area contributed by atoms with E-state index in [1.54, 1.807) is 7.11 Å². The minimum Gasteiger partial charge on any atom is -0.497 e. The molecule has 0 saturated carbocycles. The number of ether oxygens (including phenoxy) is 1. The number of pyridine rings is 1. The van der Waals surface area contributed by atoms with Crippen LogP contribution in [0.1, 0.15) is 30.7 Å². The zero-order chi connectivity index (χ0) is 18.1. The van der Waals surface area contributed by atoms with Crippen LogP contribution >= 0.6 is 0 Å². The molecule has 0 spiro atoms. The van der Waals surface area contributed by atoms with Crippen molar-refractivity contribution < 1.29 is 4.74 Å². The van der Waals surface area contributed by atoms with Gasteiger partial charge in [-0.05, 0) is 61.3 Å². The van der Waals surface area contributed by atoms with Crippen LogP contribution in [0.3, 0.4) is 0 Å². The van der Waals surface area contributed by atoms with E-state index in [2.05, 4.69) is 58.6 Å².